The highest BCUT2D eigenvalue weighted by Gasteiger charge is 2.33. The number of ether oxygens (including phenoxy) is 1. The topological polar surface area (TPSA) is 70.0 Å². The quantitative estimate of drug-likeness (QED) is 0.785. The molecule has 0 radical (unpaired) electrons. The van der Waals surface area contributed by atoms with E-state index in [9.17, 15) is 9.18 Å². The fraction of sp³-hybridized carbons (Fsp3) is 0.300. The van der Waals surface area contributed by atoms with Crippen LogP contribution in [0, 0.1) is 5.82 Å². The number of carbonyl (C=O) groups is 1. The summed E-state index contributed by atoms with van der Waals surface area (Å²) >= 11 is 0. The van der Waals surface area contributed by atoms with Crippen molar-refractivity contribution in [1.29, 1.82) is 0 Å². The Bertz CT molecular complexity index is 423. The summed E-state index contributed by atoms with van der Waals surface area (Å²) in [7, 11) is 0. The van der Waals surface area contributed by atoms with E-state index in [1.807, 2.05) is 0 Å². The molecule has 1 aliphatic rings. The van der Waals surface area contributed by atoms with Gasteiger partial charge in [0, 0.05) is 6.07 Å². The van der Waals surface area contributed by atoms with Crippen molar-refractivity contribution in [2.45, 2.75) is 6.10 Å². The molecule has 0 aliphatic carbocycles. The molecular formula is C10H10FNO4. The maximum atomic E-state index is 13.4. The summed E-state index contributed by atoms with van der Waals surface area (Å²) in [6.45, 7) is -0.209. The number of nitrogens with zero attached hydrogens (tertiary/aromatic N) is 1. The zero-order chi connectivity index (χ0) is 11.7. The number of hydrogen-bond acceptors (Lipinski definition) is 4. The Hall–Kier alpha value is -1.82. The van der Waals surface area contributed by atoms with Crippen molar-refractivity contribution < 1.29 is 24.1 Å². The fourth-order valence-corrected chi connectivity index (χ4v) is 1.53. The highest BCUT2D eigenvalue weighted by molar-refractivity contribution is 5.89. The molecular weight excluding hydrogens is 217 g/mol. The number of anilines is 1. The fourth-order valence-electron chi connectivity index (χ4n) is 1.53. The molecule has 0 saturated carbocycles. The van der Waals surface area contributed by atoms with Gasteiger partial charge in [0.25, 0.3) is 0 Å². The van der Waals surface area contributed by atoms with Gasteiger partial charge in [0.15, 0.2) is 5.82 Å². The summed E-state index contributed by atoms with van der Waals surface area (Å²) in [5.41, 5.74) is 0.0266. The Morgan fingerprint density at radius 3 is 2.88 bits per heavy atom. The van der Waals surface area contributed by atoms with Crippen LogP contribution in [0.15, 0.2) is 18.2 Å². The first-order valence-electron chi connectivity index (χ1n) is 4.69. The number of aromatic hydroxyl groups is 1. The monoisotopic (exact) mass is 227 g/mol. The van der Waals surface area contributed by atoms with Crippen LogP contribution in [-0.2, 0) is 4.74 Å². The molecule has 1 heterocycles. The smallest absolute Gasteiger partial charge is 0.414 e. The minimum absolute atomic E-state index is 0.0266. The predicted molar refractivity (Wildman–Crippen MR) is 52.8 cm³/mol. The molecule has 1 fully saturated rings. The normalized spacial score (nSPS) is 20.0. The van der Waals surface area contributed by atoms with E-state index in [0.29, 0.717) is 0 Å². The van der Waals surface area contributed by atoms with E-state index < -0.39 is 18.0 Å². The number of aliphatic hydroxyl groups is 1. The largest absolute Gasteiger partial charge is 0.508 e. The number of halogens is 1. The van der Waals surface area contributed by atoms with Crippen LogP contribution in [0.3, 0.4) is 0 Å². The molecule has 1 aliphatic heterocycles. The Kier molecular flexibility index (Phi) is 2.66. The first kappa shape index (κ1) is 10.7. The van der Waals surface area contributed by atoms with E-state index in [1.54, 1.807) is 0 Å². The zero-order valence-electron chi connectivity index (χ0n) is 8.26. The highest BCUT2D eigenvalue weighted by atomic mass is 19.1. The first-order chi connectivity index (χ1) is 7.61. The molecule has 1 aromatic rings. The highest BCUT2D eigenvalue weighted by Crippen LogP contribution is 2.27. The lowest BCUT2D eigenvalue weighted by Gasteiger charge is -2.13. The van der Waals surface area contributed by atoms with Gasteiger partial charge in [-0.05, 0) is 12.1 Å². The van der Waals surface area contributed by atoms with E-state index in [4.69, 9.17) is 14.9 Å². The SMILES string of the molecule is O=C1O[C@@H](CO)CN1c1ccc(O)cc1F. The molecule has 1 saturated heterocycles. The molecule has 16 heavy (non-hydrogen) atoms. The van der Waals surface area contributed by atoms with Crippen LogP contribution in [0.1, 0.15) is 0 Å². The van der Waals surface area contributed by atoms with Gasteiger partial charge in [0.2, 0.25) is 0 Å². The summed E-state index contributed by atoms with van der Waals surface area (Å²) in [4.78, 5) is 12.4. The summed E-state index contributed by atoms with van der Waals surface area (Å²) in [5, 5.41) is 17.9. The van der Waals surface area contributed by atoms with Crippen molar-refractivity contribution in [3.63, 3.8) is 0 Å². The standard InChI is InChI=1S/C10H10FNO4/c11-8-3-6(14)1-2-9(8)12-4-7(5-13)16-10(12)15/h1-3,7,13-14H,4-5H2/t7-/m1/s1. The third-order valence-corrected chi connectivity index (χ3v) is 2.30. The Morgan fingerprint density at radius 2 is 2.31 bits per heavy atom. The molecule has 0 bridgehead atoms. The van der Waals surface area contributed by atoms with Crippen LogP contribution in [0.5, 0.6) is 5.75 Å². The van der Waals surface area contributed by atoms with Gasteiger partial charge in [-0.1, -0.05) is 0 Å². The maximum absolute atomic E-state index is 13.4. The number of cyclic esters (lactones) is 1. The van der Waals surface area contributed by atoms with Crippen molar-refractivity contribution in [1.82, 2.24) is 0 Å². The number of hydrogen-bond donors (Lipinski definition) is 2. The Labute approximate surface area is 90.7 Å². The van der Waals surface area contributed by atoms with Gasteiger partial charge in [-0.2, -0.15) is 0 Å². The maximum Gasteiger partial charge on any atom is 0.414 e. The van der Waals surface area contributed by atoms with Gasteiger partial charge in [-0.15, -0.1) is 0 Å². The van der Waals surface area contributed by atoms with E-state index in [1.165, 1.54) is 12.1 Å². The van der Waals surface area contributed by atoms with Crippen LogP contribution in [-0.4, -0.2) is 35.6 Å². The van der Waals surface area contributed by atoms with Crippen molar-refractivity contribution in [3.05, 3.63) is 24.0 Å². The Balaban J connectivity index is 2.28. The van der Waals surface area contributed by atoms with Gasteiger partial charge in [0.1, 0.15) is 11.9 Å². The second-order valence-electron chi connectivity index (χ2n) is 3.43. The molecule has 1 atom stereocenters. The third-order valence-electron chi connectivity index (χ3n) is 2.30. The van der Waals surface area contributed by atoms with E-state index >= 15 is 0 Å². The molecule has 0 unspecified atom stereocenters. The van der Waals surface area contributed by atoms with Gasteiger partial charge in [0.05, 0.1) is 18.8 Å². The van der Waals surface area contributed by atoms with Gasteiger partial charge >= 0.3 is 6.09 Å². The van der Waals surface area contributed by atoms with Gasteiger partial charge < -0.3 is 14.9 Å². The van der Waals surface area contributed by atoms with Crippen LogP contribution >= 0.6 is 0 Å². The van der Waals surface area contributed by atoms with Gasteiger partial charge in [-0.25, -0.2) is 9.18 Å². The number of rotatable bonds is 2. The second kappa shape index (κ2) is 3.97. The molecule has 2 rings (SSSR count). The first-order valence-corrected chi connectivity index (χ1v) is 4.69. The predicted octanol–water partition coefficient (Wildman–Crippen LogP) is 0.849. The Morgan fingerprint density at radius 1 is 1.56 bits per heavy atom. The average molecular weight is 227 g/mol. The summed E-state index contributed by atoms with van der Waals surface area (Å²) < 4.78 is 18.2. The number of benzene rings is 1. The molecule has 1 aromatic carbocycles. The molecule has 6 heteroatoms. The summed E-state index contributed by atoms with van der Waals surface area (Å²) in [6, 6.07) is 3.47. The molecule has 2 N–H and O–H groups in total. The van der Waals surface area contributed by atoms with Crippen LogP contribution in [0.25, 0.3) is 0 Å². The number of phenols is 1. The van der Waals surface area contributed by atoms with Crippen LogP contribution in [0.2, 0.25) is 0 Å². The lowest BCUT2D eigenvalue weighted by Crippen LogP contribution is -2.26. The molecule has 0 aromatic heterocycles. The number of amides is 1. The molecule has 0 spiro atoms. The minimum Gasteiger partial charge on any atom is -0.508 e. The number of aliphatic hydroxyl groups excluding tert-OH is 1. The van der Waals surface area contributed by atoms with Crippen molar-refractivity contribution >= 4 is 11.8 Å². The van der Waals surface area contributed by atoms with Crippen molar-refractivity contribution in [2.75, 3.05) is 18.1 Å². The summed E-state index contributed by atoms with van der Waals surface area (Å²) in [5.74, 6) is -0.928. The van der Waals surface area contributed by atoms with Crippen LogP contribution in [0.4, 0.5) is 14.9 Å². The number of carbonyl (C=O) groups excluding carboxylic acids is 1. The lowest BCUT2D eigenvalue weighted by molar-refractivity contribution is 0.0963. The molecule has 86 valence electrons. The van der Waals surface area contributed by atoms with E-state index in [-0.39, 0.29) is 24.6 Å². The average Bonchev–Trinajstić information content (AvgIpc) is 2.60. The zero-order valence-corrected chi connectivity index (χ0v) is 8.26. The molecule has 5 nitrogen and oxygen atoms in total. The van der Waals surface area contributed by atoms with E-state index in [2.05, 4.69) is 0 Å². The van der Waals surface area contributed by atoms with Crippen molar-refractivity contribution in [2.24, 2.45) is 0 Å². The van der Waals surface area contributed by atoms with Gasteiger partial charge in [-0.3, -0.25) is 4.90 Å². The number of phenolic OH excluding ortho intramolecular Hbond substituents is 1. The minimum atomic E-state index is -0.712. The second-order valence-corrected chi connectivity index (χ2v) is 3.43. The third kappa shape index (κ3) is 1.79. The van der Waals surface area contributed by atoms with Crippen LogP contribution < -0.4 is 4.90 Å². The van der Waals surface area contributed by atoms with E-state index in [0.717, 1.165) is 11.0 Å². The molecule has 1 amide bonds. The van der Waals surface area contributed by atoms with Crippen molar-refractivity contribution in [3.8, 4) is 5.75 Å². The lowest BCUT2D eigenvalue weighted by atomic mass is 10.2. The summed E-state index contributed by atoms with van der Waals surface area (Å²) in [6.07, 6.45) is -1.34.